The predicted molar refractivity (Wildman–Crippen MR) is 67.3 cm³/mol. The second-order valence-electron chi connectivity index (χ2n) is 3.85. The lowest BCUT2D eigenvalue weighted by Crippen LogP contribution is -2.25. The highest BCUT2D eigenvalue weighted by atomic mass is 15.0. The number of hydrogen-bond acceptors (Lipinski definition) is 4. The van der Waals surface area contributed by atoms with Crippen LogP contribution in [0.4, 0.5) is 0 Å². The predicted octanol–water partition coefficient (Wildman–Crippen LogP) is 1.37. The lowest BCUT2D eigenvalue weighted by Gasteiger charge is -2.21. The molecule has 0 aromatic heterocycles. The minimum atomic E-state index is -0.453. The minimum Gasteiger partial charge on any atom is -0.386 e. The van der Waals surface area contributed by atoms with Gasteiger partial charge in [0.15, 0.2) is 0 Å². The molecular formula is C12H14N4. The molecule has 0 saturated carbocycles. The summed E-state index contributed by atoms with van der Waals surface area (Å²) in [6, 6.07) is 10.0. The van der Waals surface area contributed by atoms with Gasteiger partial charge in [0.1, 0.15) is 17.7 Å². The van der Waals surface area contributed by atoms with Gasteiger partial charge in [-0.1, -0.05) is 30.3 Å². The zero-order chi connectivity index (χ0) is 11.4. The van der Waals surface area contributed by atoms with E-state index in [0.717, 1.165) is 5.56 Å². The summed E-state index contributed by atoms with van der Waals surface area (Å²) in [7, 11) is 0. The lowest BCUT2D eigenvalue weighted by atomic mass is 9.94. The van der Waals surface area contributed by atoms with E-state index in [1.54, 1.807) is 0 Å². The largest absolute Gasteiger partial charge is 0.386 e. The maximum absolute atomic E-state index is 5.58. The lowest BCUT2D eigenvalue weighted by molar-refractivity contribution is 0.694. The first-order valence-corrected chi connectivity index (χ1v) is 5.13. The Balaban J connectivity index is 2.39. The zero-order valence-electron chi connectivity index (χ0n) is 9.17. The fourth-order valence-electron chi connectivity index (χ4n) is 1.54. The second kappa shape index (κ2) is 4.26. The average Bonchev–Trinajstić information content (AvgIpc) is 2.28. The van der Waals surface area contributed by atoms with E-state index in [4.69, 9.17) is 5.73 Å². The highest BCUT2D eigenvalue weighted by molar-refractivity contribution is 5.92. The Morgan fingerprint density at radius 3 is 2.75 bits per heavy atom. The summed E-state index contributed by atoms with van der Waals surface area (Å²) in [5.41, 5.74) is 6.21. The van der Waals surface area contributed by atoms with E-state index in [-0.39, 0.29) is 0 Å². The SMILES string of the molecule is C[C@]1(c2ccccc2)C=NCC(N)=NC=N1. The molecule has 0 saturated heterocycles. The summed E-state index contributed by atoms with van der Waals surface area (Å²) in [4.78, 5) is 12.6. The van der Waals surface area contributed by atoms with Crippen LogP contribution in [-0.2, 0) is 5.54 Å². The minimum absolute atomic E-state index is 0.425. The molecule has 0 unspecified atom stereocenters. The molecule has 1 aromatic rings. The van der Waals surface area contributed by atoms with Crippen molar-refractivity contribution in [3.8, 4) is 0 Å². The Labute approximate surface area is 94.6 Å². The van der Waals surface area contributed by atoms with Gasteiger partial charge in [-0.25, -0.2) is 4.99 Å². The second-order valence-corrected chi connectivity index (χ2v) is 3.85. The fraction of sp³-hybridized carbons (Fsp3) is 0.250. The van der Waals surface area contributed by atoms with E-state index in [1.165, 1.54) is 6.34 Å². The van der Waals surface area contributed by atoms with Crippen LogP contribution in [0.25, 0.3) is 0 Å². The topological polar surface area (TPSA) is 63.1 Å². The first-order valence-electron chi connectivity index (χ1n) is 5.13. The Kier molecular flexibility index (Phi) is 2.81. The summed E-state index contributed by atoms with van der Waals surface area (Å²) in [6.07, 6.45) is 3.33. The number of benzene rings is 1. The van der Waals surface area contributed by atoms with Gasteiger partial charge in [0, 0.05) is 6.21 Å². The molecule has 1 aromatic carbocycles. The van der Waals surface area contributed by atoms with Gasteiger partial charge in [-0.05, 0) is 12.5 Å². The van der Waals surface area contributed by atoms with Crippen molar-refractivity contribution in [3.05, 3.63) is 35.9 Å². The average molecular weight is 214 g/mol. The molecule has 1 aliphatic heterocycles. The van der Waals surface area contributed by atoms with Crippen molar-refractivity contribution in [2.45, 2.75) is 12.5 Å². The summed E-state index contributed by atoms with van der Waals surface area (Å²) in [6.45, 7) is 2.42. The maximum atomic E-state index is 5.58. The summed E-state index contributed by atoms with van der Waals surface area (Å²) in [5, 5.41) is 0. The molecule has 4 heteroatoms. The van der Waals surface area contributed by atoms with Crippen LogP contribution in [0.1, 0.15) is 12.5 Å². The number of aliphatic imine (C=N–C) groups is 3. The summed E-state index contributed by atoms with van der Waals surface area (Å²) < 4.78 is 0. The molecule has 0 spiro atoms. The van der Waals surface area contributed by atoms with Crippen molar-refractivity contribution < 1.29 is 0 Å². The standard InChI is InChI=1S/C12H14N4/c1-12(10-5-3-2-4-6-10)8-14-7-11(13)15-9-16-12/h2-6,8-9H,7H2,1H3,(H2,13,15,16)/t12-/m1/s1. The third kappa shape index (κ3) is 2.16. The van der Waals surface area contributed by atoms with E-state index in [1.807, 2.05) is 43.5 Å². The van der Waals surface area contributed by atoms with Crippen molar-refractivity contribution in [2.24, 2.45) is 20.7 Å². The van der Waals surface area contributed by atoms with E-state index >= 15 is 0 Å². The summed E-state index contributed by atoms with van der Waals surface area (Å²) >= 11 is 0. The van der Waals surface area contributed by atoms with Gasteiger partial charge in [-0.15, -0.1) is 0 Å². The summed E-state index contributed by atoms with van der Waals surface area (Å²) in [5.74, 6) is 0.482. The Morgan fingerprint density at radius 2 is 2.00 bits per heavy atom. The third-order valence-electron chi connectivity index (χ3n) is 2.50. The first kappa shape index (κ1) is 10.5. The Bertz CT molecular complexity index is 447. The fourth-order valence-corrected chi connectivity index (χ4v) is 1.54. The molecule has 82 valence electrons. The number of rotatable bonds is 1. The zero-order valence-corrected chi connectivity index (χ0v) is 9.17. The van der Waals surface area contributed by atoms with Crippen molar-refractivity contribution in [3.63, 3.8) is 0 Å². The van der Waals surface area contributed by atoms with Crippen molar-refractivity contribution in [1.29, 1.82) is 0 Å². The quantitative estimate of drug-likeness (QED) is 0.754. The highest BCUT2D eigenvalue weighted by Crippen LogP contribution is 2.23. The van der Waals surface area contributed by atoms with E-state index in [0.29, 0.717) is 12.4 Å². The van der Waals surface area contributed by atoms with Crippen LogP contribution < -0.4 is 5.73 Å². The molecular weight excluding hydrogens is 200 g/mol. The van der Waals surface area contributed by atoms with Gasteiger partial charge in [0.05, 0.1) is 6.54 Å². The van der Waals surface area contributed by atoms with Crippen LogP contribution >= 0.6 is 0 Å². The third-order valence-corrected chi connectivity index (χ3v) is 2.50. The maximum Gasteiger partial charge on any atom is 0.122 e. The molecule has 0 aliphatic carbocycles. The smallest absolute Gasteiger partial charge is 0.122 e. The van der Waals surface area contributed by atoms with E-state index < -0.39 is 5.54 Å². The van der Waals surface area contributed by atoms with Gasteiger partial charge < -0.3 is 5.73 Å². The monoisotopic (exact) mass is 214 g/mol. The van der Waals surface area contributed by atoms with Crippen molar-refractivity contribution in [1.82, 2.24) is 0 Å². The number of hydrogen-bond donors (Lipinski definition) is 1. The van der Waals surface area contributed by atoms with Crippen LogP contribution in [0.5, 0.6) is 0 Å². The molecule has 0 fully saturated rings. The normalized spacial score (nSPS) is 24.7. The van der Waals surface area contributed by atoms with Crippen molar-refractivity contribution in [2.75, 3.05) is 6.54 Å². The first-order chi connectivity index (χ1) is 7.71. The van der Waals surface area contributed by atoms with Gasteiger partial charge in [-0.3, -0.25) is 9.98 Å². The van der Waals surface area contributed by atoms with Gasteiger partial charge >= 0.3 is 0 Å². The molecule has 2 rings (SSSR count). The van der Waals surface area contributed by atoms with Crippen molar-refractivity contribution >= 4 is 18.4 Å². The molecule has 0 bridgehead atoms. The number of nitrogens with two attached hydrogens (primary N) is 1. The molecule has 4 nitrogen and oxygen atoms in total. The molecule has 1 atom stereocenters. The van der Waals surface area contributed by atoms with Crippen LogP contribution in [0.2, 0.25) is 0 Å². The van der Waals surface area contributed by atoms with Crippen LogP contribution in [0.3, 0.4) is 0 Å². The van der Waals surface area contributed by atoms with Crippen LogP contribution in [-0.4, -0.2) is 24.9 Å². The Morgan fingerprint density at radius 1 is 1.25 bits per heavy atom. The molecule has 0 amide bonds. The van der Waals surface area contributed by atoms with Gasteiger partial charge in [-0.2, -0.15) is 0 Å². The van der Waals surface area contributed by atoms with Crippen LogP contribution in [0.15, 0.2) is 45.3 Å². The van der Waals surface area contributed by atoms with Crippen LogP contribution in [0, 0.1) is 0 Å². The number of nitrogens with zero attached hydrogens (tertiary/aromatic N) is 3. The molecule has 2 N–H and O–H groups in total. The van der Waals surface area contributed by atoms with E-state index in [2.05, 4.69) is 15.0 Å². The highest BCUT2D eigenvalue weighted by Gasteiger charge is 2.22. The molecule has 0 radical (unpaired) electrons. The van der Waals surface area contributed by atoms with E-state index in [9.17, 15) is 0 Å². The van der Waals surface area contributed by atoms with Gasteiger partial charge in [0.2, 0.25) is 0 Å². The molecule has 1 aliphatic rings. The number of amidine groups is 1. The van der Waals surface area contributed by atoms with Gasteiger partial charge in [0.25, 0.3) is 0 Å². The molecule has 16 heavy (non-hydrogen) atoms. The Hall–Kier alpha value is -1.97. The molecule has 1 heterocycles.